The third-order valence-electron chi connectivity index (χ3n) is 3.64. The van der Waals surface area contributed by atoms with E-state index in [1.807, 2.05) is 30.3 Å². The molecule has 2 aromatic rings. The summed E-state index contributed by atoms with van der Waals surface area (Å²) in [5.74, 6) is 1.40. The van der Waals surface area contributed by atoms with Gasteiger partial charge in [-0.05, 0) is 5.56 Å². The molecule has 1 aromatic carbocycles. The van der Waals surface area contributed by atoms with Gasteiger partial charge in [0, 0.05) is 38.6 Å². The first-order chi connectivity index (χ1) is 11.4. The van der Waals surface area contributed by atoms with E-state index in [9.17, 15) is 0 Å². The lowest BCUT2D eigenvalue weighted by molar-refractivity contribution is 0.0875. The van der Waals surface area contributed by atoms with Crippen LogP contribution in [-0.4, -0.2) is 49.4 Å². The molecule has 3 rings (SSSR count). The van der Waals surface area contributed by atoms with Crippen molar-refractivity contribution < 1.29 is 9.47 Å². The predicted octanol–water partition coefficient (Wildman–Crippen LogP) is 1.48. The SMILES string of the molecule is c1ccc(COCCOc2nccnc2N2CCNCC2)cc1. The molecule has 6 heteroatoms. The molecular formula is C17H22N4O2. The van der Waals surface area contributed by atoms with E-state index in [1.165, 1.54) is 0 Å². The van der Waals surface area contributed by atoms with Crippen molar-refractivity contribution in [3.63, 3.8) is 0 Å². The van der Waals surface area contributed by atoms with Gasteiger partial charge in [0.25, 0.3) is 5.88 Å². The van der Waals surface area contributed by atoms with Crippen LogP contribution in [0.15, 0.2) is 42.7 Å². The van der Waals surface area contributed by atoms with Crippen LogP contribution in [0.3, 0.4) is 0 Å². The van der Waals surface area contributed by atoms with Crippen molar-refractivity contribution in [3.8, 4) is 5.88 Å². The Morgan fingerprint density at radius 3 is 2.61 bits per heavy atom. The normalized spacial score (nSPS) is 14.7. The van der Waals surface area contributed by atoms with Crippen LogP contribution < -0.4 is 15.0 Å². The van der Waals surface area contributed by atoms with Crippen molar-refractivity contribution in [1.82, 2.24) is 15.3 Å². The van der Waals surface area contributed by atoms with Gasteiger partial charge in [-0.25, -0.2) is 9.97 Å². The minimum Gasteiger partial charge on any atom is -0.473 e. The zero-order valence-electron chi connectivity index (χ0n) is 13.1. The van der Waals surface area contributed by atoms with Gasteiger partial charge in [0.05, 0.1) is 13.2 Å². The van der Waals surface area contributed by atoms with E-state index in [2.05, 4.69) is 20.2 Å². The highest BCUT2D eigenvalue weighted by molar-refractivity contribution is 5.48. The van der Waals surface area contributed by atoms with E-state index in [1.54, 1.807) is 12.4 Å². The number of nitrogens with zero attached hydrogens (tertiary/aromatic N) is 3. The second-order valence-electron chi connectivity index (χ2n) is 5.31. The first-order valence-electron chi connectivity index (χ1n) is 7.94. The third-order valence-corrected chi connectivity index (χ3v) is 3.64. The average molecular weight is 314 g/mol. The maximum atomic E-state index is 5.77. The first-order valence-corrected chi connectivity index (χ1v) is 7.94. The average Bonchev–Trinajstić information content (AvgIpc) is 2.63. The second kappa shape index (κ2) is 8.45. The lowest BCUT2D eigenvalue weighted by atomic mass is 10.2. The Bertz CT molecular complexity index is 588. The van der Waals surface area contributed by atoms with Crippen molar-refractivity contribution in [3.05, 3.63) is 48.3 Å². The smallest absolute Gasteiger partial charge is 0.257 e. The van der Waals surface area contributed by atoms with Crippen molar-refractivity contribution in [2.75, 3.05) is 44.3 Å². The molecule has 0 unspecified atom stereocenters. The fraction of sp³-hybridized carbons (Fsp3) is 0.412. The summed E-state index contributed by atoms with van der Waals surface area (Å²) in [6.07, 6.45) is 3.36. The molecule has 1 aliphatic rings. The van der Waals surface area contributed by atoms with Crippen LogP contribution >= 0.6 is 0 Å². The molecule has 0 radical (unpaired) electrons. The highest BCUT2D eigenvalue weighted by Gasteiger charge is 2.17. The van der Waals surface area contributed by atoms with Crippen LogP contribution in [0, 0.1) is 0 Å². The monoisotopic (exact) mass is 314 g/mol. The number of rotatable bonds is 7. The zero-order chi connectivity index (χ0) is 15.7. The number of hydrogen-bond donors (Lipinski definition) is 1. The molecule has 1 N–H and O–H groups in total. The van der Waals surface area contributed by atoms with Gasteiger partial charge in [0.2, 0.25) is 0 Å². The fourth-order valence-corrected chi connectivity index (χ4v) is 2.47. The zero-order valence-corrected chi connectivity index (χ0v) is 13.1. The molecule has 122 valence electrons. The summed E-state index contributed by atoms with van der Waals surface area (Å²) in [4.78, 5) is 10.9. The Balaban J connectivity index is 1.46. The highest BCUT2D eigenvalue weighted by atomic mass is 16.5. The van der Waals surface area contributed by atoms with Crippen LogP contribution in [0.1, 0.15) is 5.56 Å². The number of anilines is 1. The lowest BCUT2D eigenvalue weighted by Crippen LogP contribution is -2.44. The van der Waals surface area contributed by atoms with Crippen LogP contribution in [0.25, 0.3) is 0 Å². The molecular weight excluding hydrogens is 292 g/mol. The fourth-order valence-electron chi connectivity index (χ4n) is 2.47. The predicted molar refractivity (Wildman–Crippen MR) is 88.7 cm³/mol. The number of nitrogens with one attached hydrogen (secondary N) is 1. The Labute approximate surface area is 136 Å². The summed E-state index contributed by atoms with van der Waals surface area (Å²) >= 11 is 0. The van der Waals surface area contributed by atoms with Gasteiger partial charge in [-0.3, -0.25) is 0 Å². The van der Waals surface area contributed by atoms with Crippen molar-refractivity contribution in [2.45, 2.75) is 6.61 Å². The van der Waals surface area contributed by atoms with E-state index >= 15 is 0 Å². The Morgan fingerprint density at radius 2 is 1.78 bits per heavy atom. The molecule has 2 heterocycles. The van der Waals surface area contributed by atoms with Crippen molar-refractivity contribution in [1.29, 1.82) is 0 Å². The molecule has 0 bridgehead atoms. The third kappa shape index (κ3) is 4.64. The quantitative estimate of drug-likeness (QED) is 0.781. The number of benzene rings is 1. The standard InChI is InChI=1S/C17H22N4O2/c1-2-4-15(5-3-1)14-22-12-13-23-17-16(19-6-7-20-17)21-10-8-18-9-11-21/h1-7,18H,8-14H2. The van der Waals surface area contributed by atoms with E-state index in [0.29, 0.717) is 25.7 Å². The largest absolute Gasteiger partial charge is 0.473 e. The van der Waals surface area contributed by atoms with Gasteiger partial charge in [-0.15, -0.1) is 0 Å². The van der Waals surface area contributed by atoms with E-state index in [4.69, 9.17) is 9.47 Å². The molecule has 0 aliphatic carbocycles. The van der Waals surface area contributed by atoms with Gasteiger partial charge in [-0.1, -0.05) is 30.3 Å². The summed E-state index contributed by atoms with van der Waals surface area (Å²) in [7, 11) is 0. The molecule has 0 amide bonds. The number of aromatic nitrogens is 2. The van der Waals surface area contributed by atoms with Crippen molar-refractivity contribution in [2.24, 2.45) is 0 Å². The molecule has 1 aromatic heterocycles. The summed E-state index contributed by atoms with van der Waals surface area (Å²) in [5, 5.41) is 3.33. The van der Waals surface area contributed by atoms with Gasteiger partial charge in [-0.2, -0.15) is 0 Å². The van der Waals surface area contributed by atoms with Crippen LogP contribution in [0.2, 0.25) is 0 Å². The Hall–Kier alpha value is -2.18. The van der Waals surface area contributed by atoms with Crippen LogP contribution in [0.4, 0.5) is 5.82 Å². The minimum absolute atomic E-state index is 0.463. The maximum Gasteiger partial charge on any atom is 0.257 e. The number of ether oxygens (including phenoxy) is 2. The van der Waals surface area contributed by atoms with Crippen molar-refractivity contribution >= 4 is 5.82 Å². The van der Waals surface area contributed by atoms with Gasteiger partial charge >= 0.3 is 0 Å². The Kier molecular flexibility index (Phi) is 5.77. The van der Waals surface area contributed by atoms with Crippen LogP contribution in [0.5, 0.6) is 5.88 Å². The topological polar surface area (TPSA) is 59.5 Å². The molecule has 6 nitrogen and oxygen atoms in total. The summed E-state index contributed by atoms with van der Waals surface area (Å²) < 4.78 is 11.4. The lowest BCUT2D eigenvalue weighted by Gasteiger charge is -2.28. The molecule has 1 saturated heterocycles. The van der Waals surface area contributed by atoms with Gasteiger partial charge in [0.15, 0.2) is 5.82 Å². The summed E-state index contributed by atoms with van der Waals surface area (Å²) in [6, 6.07) is 10.1. The highest BCUT2D eigenvalue weighted by Crippen LogP contribution is 2.22. The summed E-state index contributed by atoms with van der Waals surface area (Å²) in [6.45, 7) is 5.32. The first kappa shape index (κ1) is 15.7. The van der Waals surface area contributed by atoms with E-state index in [0.717, 1.165) is 37.6 Å². The minimum atomic E-state index is 0.463. The molecule has 0 spiro atoms. The molecule has 1 fully saturated rings. The number of hydrogen-bond acceptors (Lipinski definition) is 6. The van der Waals surface area contributed by atoms with Crippen LogP contribution in [-0.2, 0) is 11.3 Å². The number of piperazine rings is 1. The Morgan fingerprint density at radius 1 is 1.00 bits per heavy atom. The molecule has 1 aliphatic heterocycles. The molecule has 0 saturated carbocycles. The maximum absolute atomic E-state index is 5.77. The van der Waals surface area contributed by atoms with Gasteiger partial charge < -0.3 is 19.7 Å². The van der Waals surface area contributed by atoms with Gasteiger partial charge in [0.1, 0.15) is 6.61 Å². The second-order valence-corrected chi connectivity index (χ2v) is 5.31. The molecule has 0 atom stereocenters. The molecule has 23 heavy (non-hydrogen) atoms. The van der Waals surface area contributed by atoms with E-state index in [-0.39, 0.29) is 0 Å². The van der Waals surface area contributed by atoms with E-state index < -0.39 is 0 Å². The summed E-state index contributed by atoms with van der Waals surface area (Å²) in [5.41, 5.74) is 1.16.